The van der Waals surface area contributed by atoms with Crippen LogP contribution in [0, 0.1) is 0 Å². The van der Waals surface area contributed by atoms with Gasteiger partial charge in [0.1, 0.15) is 34.6 Å². The Morgan fingerprint density at radius 1 is 0.585 bits per heavy atom. The van der Waals surface area contributed by atoms with Crippen molar-refractivity contribution in [2.24, 2.45) is 10.2 Å². The zero-order chi connectivity index (χ0) is 29.0. The molecule has 212 valence electrons. The lowest BCUT2D eigenvalue weighted by molar-refractivity contribution is 0.402. The van der Waals surface area contributed by atoms with Crippen molar-refractivity contribution in [2.45, 2.75) is 0 Å². The highest BCUT2D eigenvalue weighted by atomic mass is 16.5. The average molecular weight is 558 g/mol. The first kappa shape index (κ1) is 28.5. The summed E-state index contributed by atoms with van der Waals surface area (Å²) in [4.78, 5) is 9.03. The number of aromatic nitrogens is 2. The Morgan fingerprint density at radius 2 is 1.15 bits per heavy atom. The quantitative estimate of drug-likeness (QED) is 0.150. The molecular weight excluding hydrogens is 526 g/mol. The number of hydrogen-bond donors (Lipinski definition) is 3. The lowest BCUT2D eigenvalue weighted by Gasteiger charge is -2.12. The number of nitrogens with zero attached hydrogens (tertiary/aromatic N) is 4. The van der Waals surface area contributed by atoms with E-state index in [1.807, 2.05) is 36.4 Å². The van der Waals surface area contributed by atoms with E-state index in [1.165, 1.54) is 0 Å². The van der Waals surface area contributed by atoms with E-state index in [-0.39, 0.29) is 5.95 Å². The largest absolute Gasteiger partial charge is 0.497 e. The standard InChI is InChI=1S/C29H31N7O5/c1-37-21-10-12-24(39-3)19(14-21)17-30-35-28-16-27(32-23-8-6-7-9-26(23)41-5)33-29(34-28)36-31-18-20-15-22(38-2)11-13-25(20)40-4/h6-18H,1-5H3,(H3,32,33,34,35,36). The first-order chi connectivity index (χ1) is 20.1. The van der Waals surface area contributed by atoms with E-state index < -0.39 is 0 Å². The maximum Gasteiger partial charge on any atom is 0.247 e. The van der Waals surface area contributed by atoms with Crippen LogP contribution >= 0.6 is 0 Å². The summed E-state index contributed by atoms with van der Waals surface area (Å²) in [7, 11) is 7.97. The van der Waals surface area contributed by atoms with Crippen LogP contribution in [0.5, 0.6) is 28.7 Å². The number of benzene rings is 3. The van der Waals surface area contributed by atoms with Crippen LogP contribution in [0.1, 0.15) is 11.1 Å². The number of hydrogen-bond acceptors (Lipinski definition) is 12. The predicted molar refractivity (Wildman–Crippen MR) is 160 cm³/mol. The normalized spacial score (nSPS) is 10.9. The zero-order valence-corrected chi connectivity index (χ0v) is 23.3. The van der Waals surface area contributed by atoms with Crippen molar-refractivity contribution in [1.29, 1.82) is 0 Å². The number of methoxy groups -OCH3 is 5. The Bertz CT molecular complexity index is 1440. The van der Waals surface area contributed by atoms with E-state index in [2.05, 4.69) is 36.3 Å². The average Bonchev–Trinajstić information content (AvgIpc) is 3.01. The fourth-order valence-electron chi connectivity index (χ4n) is 3.71. The van der Waals surface area contributed by atoms with Crippen molar-refractivity contribution >= 4 is 35.7 Å². The van der Waals surface area contributed by atoms with Crippen molar-refractivity contribution in [3.63, 3.8) is 0 Å². The summed E-state index contributed by atoms with van der Waals surface area (Å²) < 4.78 is 26.9. The molecule has 0 unspecified atom stereocenters. The third kappa shape index (κ3) is 7.53. The molecule has 0 radical (unpaired) electrons. The number of hydrazone groups is 2. The molecule has 12 heteroatoms. The fourth-order valence-corrected chi connectivity index (χ4v) is 3.71. The zero-order valence-electron chi connectivity index (χ0n) is 23.3. The number of anilines is 4. The first-order valence-corrected chi connectivity index (χ1v) is 12.4. The van der Waals surface area contributed by atoms with Crippen LogP contribution in [0.3, 0.4) is 0 Å². The molecule has 0 amide bonds. The smallest absolute Gasteiger partial charge is 0.247 e. The predicted octanol–water partition coefficient (Wildman–Crippen LogP) is 5.16. The monoisotopic (exact) mass is 557 g/mol. The summed E-state index contributed by atoms with van der Waals surface area (Å²) in [5.74, 6) is 4.35. The highest BCUT2D eigenvalue weighted by molar-refractivity contribution is 5.85. The van der Waals surface area contributed by atoms with Gasteiger partial charge < -0.3 is 29.0 Å². The summed E-state index contributed by atoms with van der Waals surface area (Å²) in [6.45, 7) is 0. The molecule has 3 N–H and O–H groups in total. The van der Waals surface area contributed by atoms with Crippen molar-refractivity contribution in [1.82, 2.24) is 9.97 Å². The van der Waals surface area contributed by atoms with Gasteiger partial charge >= 0.3 is 0 Å². The van der Waals surface area contributed by atoms with Crippen LogP contribution < -0.4 is 39.9 Å². The fraction of sp³-hybridized carbons (Fsp3) is 0.172. The minimum Gasteiger partial charge on any atom is -0.497 e. The summed E-state index contributed by atoms with van der Waals surface area (Å²) in [6, 6.07) is 20.0. The molecule has 0 fully saturated rings. The highest BCUT2D eigenvalue weighted by Crippen LogP contribution is 2.28. The summed E-state index contributed by atoms with van der Waals surface area (Å²) >= 11 is 0. The molecule has 3 aromatic carbocycles. The molecule has 1 aromatic heterocycles. The second-order valence-corrected chi connectivity index (χ2v) is 8.24. The molecule has 12 nitrogen and oxygen atoms in total. The summed E-state index contributed by atoms with van der Waals surface area (Å²) in [5.41, 5.74) is 7.96. The van der Waals surface area contributed by atoms with Crippen molar-refractivity contribution in [3.8, 4) is 28.7 Å². The Kier molecular flexibility index (Phi) is 9.75. The van der Waals surface area contributed by atoms with E-state index in [4.69, 9.17) is 23.7 Å². The van der Waals surface area contributed by atoms with Gasteiger partial charge in [-0.25, -0.2) is 5.43 Å². The third-order valence-corrected chi connectivity index (χ3v) is 5.72. The van der Waals surface area contributed by atoms with Gasteiger partial charge in [0, 0.05) is 17.2 Å². The number of nitrogens with one attached hydrogen (secondary N) is 3. The number of ether oxygens (including phenoxy) is 5. The van der Waals surface area contributed by atoms with Crippen LogP contribution in [-0.4, -0.2) is 57.9 Å². The molecule has 0 spiro atoms. The number of para-hydroxylation sites is 2. The van der Waals surface area contributed by atoms with Gasteiger partial charge in [-0.2, -0.15) is 20.2 Å². The van der Waals surface area contributed by atoms with Crippen molar-refractivity contribution < 1.29 is 23.7 Å². The molecule has 4 rings (SSSR count). The van der Waals surface area contributed by atoms with Gasteiger partial charge in [-0.05, 0) is 48.5 Å². The molecule has 0 atom stereocenters. The number of rotatable bonds is 13. The SMILES string of the molecule is COc1ccc(OC)c(C=NNc2cc(Nc3ccccc3OC)nc(NN=Cc3cc(OC)ccc3OC)n2)c1. The summed E-state index contributed by atoms with van der Waals surface area (Å²) in [6.07, 6.45) is 3.20. The Hall–Kier alpha value is -5.52. The Labute approximate surface area is 238 Å². The maximum atomic E-state index is 5.46. The van der Waals surface area contributed by atoms with E-state index in [0.717, 1.165) is 11.3 Å². The second-order valence-electron chi connectivity index (χ2n) is 8.24. The third-order valence-electron chi connectivity index (χ3n) is 5.72. The maximum absolute atomic E-state index is 5.46. The molecule has 0 aliphatic carbocycles. The lowest BCUT2D eigenvalue weighted by atomic mass is 10.2. The Balaban J connectivity index is 1.61. The molecule has 4 aromatic rings. The van der Waals surface area contributed by atoms with Crippen LogP contribution in [-0.2, 0) is 0 Å². The molecular formula is C29H31N7O5. The molecule has 0 bridgehead atoms. The van der Waals surface area contributed by atoms with Crippen LogP contribution in [0.4, 0.5) is 23.3 Å². The molecule has 0 saturated heterocycles. The molecule has 1 heterocycles. The van der Waals surface area contributed by atoms with Gasteiger partial charge in [-0.1, -0.05) is 12.1 Å². The van der Waals surface area contributed by atoms with Crippen molar-refractivity contribution in [3.05, 3.63) is 77.9 Å². The molecule has 41 heavy (non-hydrogen) atoms. The van der Waals surface area contributed by atoms with Gasteiger partial charge in [0.05, 0.1) is 53.7 Å². The molecule has 0 aliphatic heterocycles. The van der Waals surface area contributed by atoms with Gasteiger partial charge in [-0.3, -0.25) is 5.43 Å². The van der Waals surface area contributed by atoms with Gasteiger partial charge in [0.2, 0.25) is 5.95 Å². The minimum absolute atomic E-state index is 0.208. The van der Waals surface area contributed by atoms with E-state index in [0.29, 0.717) is 45.9 Å². The summed E-state index contributed by atoms with van der Waals surface area (Å²) in [5, 5.41) is 11.9. The van der Waals surface area contributed by atoms with E-state index >= 15 is 0 Å². The minimum atomic E-state index is 0.208. The van der Waals surface area contributed by atoms with Gasteiger partial charge in [0.25, 0.3) is 0 Å². The second kappa shape index (κ2) is 14.0. The molecule has 0 saturated carbocycles. The van der Waals surface area contributed by atoms with Crippen molar-refractivity contribution in [2.75, 3.05) is 51.7 Å². The van der Waals surface area contributed by atoms with Gasteiger partial charge in [0.15, 0.2) is 5.82 Å². The highest BCUT2D eigenvalue weighted by Gasteiger charge is 2.09. The topological polar surface area (TPSA) is 133 Å². The van der Waals surface area contributed by atoms with Gasteiger partial charge in [-0.15, -0.1) is 0 Å². The van der Waals surface area contributed by atoms with E-state index in [9.17, 15) is 0 Å². The van der Waals surface area contributed by atoms with Crippen LogP contribution in [0.15, 0.2) is 76.9 Å². The Morgan fingerprint density at radius 3 is 1.73 bits per heavy atom. The van der Waals surface area contributed by atoms with Crippen LogP contribution in [0.25, 0.3) is 0 Å². The molecule has 0 aliphatic rings. The lowest BCUT2D eigenvalue weighted by Crippen LogP contribution is -2.05. The first-order valence-electron chi connectivity index (χ1n) is 12.4. The van der Waals surface area contributed by atoms with Crippen LogP contribution in [0.2, 0.25) is 0 Å². The van der Waals surface area contributed by atoms with E-state index in [1.54, 1.807) is 78.3 Å².